The third-order valence-electron chi connectivity index (χ3n) is 13.6. The Balaban J connectivity index is 0.906. The summed E-state index contributed by atoms with van der Waals surface area (Å²) in [6.07, 6.45) is 5.72. The molecular weight excluding hydrogens is 751 g/mol. The van der Waals surface area contributed by atoms with E-state index in [0.717, 1.165) is 82.5 Å². The fourth-order valence-corrected chi connectivity index (χ4v) is 11.8. The van der Waals surface area contributed by atoms with E-state index in [9.17, 15) is 23.1 Å². The minimum Gasteiger partial charge on any atom is -0.469 e. The summed E-state index contributed by atoms with van der Waals surface area (Å²) >= 11 is 0. The number of methoxy groups -OCH3 is 1. The van der Waals surface area contributed by atoms with E-state index in [1.165, 1.54) is 42.3 Å². The third kappa shape index (κ3) is 7.97. The van der Waals surface area contributed by atoms with Crippen LogP contribution in [0.2, 0.25) is 0 Å². The normalized spacial score (nSPS) is 24.3. The summed E-state index contributed by atoms with van der Waals surface area (Å²) in [5.74, 6) is -0.0429. The number of hydrogen-bond acceptors (Lipinski definition) is 9. The molecule has 5 aliphatic rings. The van der Waals surface area contributed by atoms with Gasteiger partial charge in [-0.25, -0.2) is 17.2 Å². The molecule has 1 aliphatic carbocycles. The standard InChI is InChI=1S/C44H54F2N4O6S/c1-56-41(52)23-32-5-2-8-40(32)44(30-47-19-4-20-47,34-6-3-7-35(45)24-34)33-17-21-48(22-18-33)27-43(46)28-50(29-43)36-11-15-39(16-12-36)57(54,55)38-13-9-31(10-14-38)42(53)49-25-37(51)26-49/h3,6-7,9-16,24,32-33,37,40,51H,2,4-5,8,17-23,25-30H2,1H3/t32-,40+,44+/m1/s1. The van der Waals surface area contributed by atoms with Gasteiger partial charge in [0.2, 0.25) is 9.84 Å². The molecule has 0 radical (unpaired) electrons. The molecule has 0 unspecified atom stereocenters. The zero-order valence-corrected chi connectivity index (χ0v) is 33.5. The van der Waals surface area contributed by atoms with E-state index in [4.69, 9.17) is 4.74 Å². The molecule has 10 nitrogen and oxygen atoms in total. The number of benzene rings is 3. The molecular formula is C44H54F2N4O6S. The topological polar surface area (TPSA) is 111 Å². The number of β-amino-alcohol motifs (C(OH)–C–C–N with tert-alkyl or cyclic N) is 1. The van der Waals surface area contributed by atoms with E-state index in [0.29, 0.717) is 18.5 Å². The first-order chi connectivity index (χ1) is 27.4. The predicted molar refractivity (Wildman–Crippen MR) is 212 cm³/mol. The maximum atomic E-state index is 16.3. The van der Waals surface area contributed by atoms with Crippen LogP contribution in [-0.4, -0.2) is 124 Å². The Morgan fingerprint density at radius 3 is 2.14 bits per heavy atom. The molecule has 306 valence electrons. The summed E-state index contributed by atoms with van der Waals surface area (Å²) in [7, 11) is -2.39. The van der Waals surface area contributed by atoms with Crippen LogP contribution in [-0.2, 0) is 24.8 Å². The van der Waals surface area contributed by atoms with Gasteiger partial charge in [0.1, 0.15) is 5.82 Å². The number of hydrogen-bond donors (Lipinski definition) is 1. The van der Waals surface area contributed by atoms with Gasteiger partial charge in [0.05, 0.1) is 36.1 Å². The Bertz CT molecular complexity index is 2030. The number of aliphatic hydroxyl groups is 1. The van der Waals surface area contributed by atoms with Crippen LogP contribution in [0.5, 0.6) is 0 Å². The molecule has 13 heteroatoms. The molecule has 1 amide bonds. The summed E-state index contributed by atoms with van der Waals surface area (Å²) < 4.78 is 63.3. The van der Waals surface area contributed by atoms with Gasteiger partial charge in [-0.05, 0) is 142 Å². The second kappa shape index (κ2) is 16.0. The quantitative estimate of drug-likeness (QED) is 0.229. The largest absolute Gasteiger partial charge is 0.469 e. The Morgan fingerprint density at radius 1 is 0.877 bits per heavy atom. The number of nitrogens with zero attached hydrogens (tertiary/aromatic N) is 4. The lowest BCUT2D eigenvalue weighted by Gasteiger charge is -2.54. The molecule has 3 atom stereocenters. The highest BCUT2D eigenvalue weighted by Gasteiger charge is 2.53. The van der Waals surface area contributed by atoms with Crippen molar-refractivity contribution in [2.45, 2.75) is 71.9 Å². The number of carbonyl (C=O) groups is 2. The Morgan fingerprint density at radius 2 is 1.54 bits per heavy atom. The smallest absolute Gasteiger partial charge is 0.305 e. The van der Waals surface area contributed by atoms with E-state index in [1.807, 2.05) is 11.0 Å². The number of piperidine rings is 1. The molecule has 8 rings (SSSR count). The number of esters is 1. The number of halogens is 2. The van der Waals surface area contributed by atoms with Crippen molar-refractivity contribution in [3.05, 3.63) is 89.7 Å². The lowest BCUT2D eigenvalue weighted by atomic mass is 9.56. The van der Waals surface area contributed by atoms with Crippen molar-refractivity contribution in [3.8, 4) is 0 Å². The van der Waals surface area contributed by atoms with Gasteiger partial charge in [-0.1, -0.05) is 18.6 Å². The molecule has 0 bridgehead atoms. The molecule has 4 heterocycles. The van der Waals surface area contributed by atoms with Crippen LogP contribution in [0.25, 0.3) is 0 Å². The fourth-order valence-electron chi connectivity index (χ4n) is 10.5. The number of amides is 1. The molecule has 3 aromatic rings. The van der Waals surface area contributed by atoms with Crippen molar-refractivity contribution in [2.75, 3.05) is 77.5 Å². The molecule has 5 fully saturated rings. The number of carbonyl (C=O) groups excluding carboxylic acids is 2. The van der Waals surface area contributed by atoms with Gasteiger partial charge >= 0.3 is 5.97 Å². The van der Waals surface area contributed by atoms with Crippen LogP contribution in [0.15, 0.2) is 82.6 Å². The van der Waals surface area contributed by atoms with Crippen molar-refractivity contribution in [1.82, 2.24) is 14.7 Å². The number of likely N-dealkylation sites (tertiary alicyclic amines) is 3. The second-order valence-corrected chi connectivity index (χ2v) is 19.2. The number of anilines is 1. The van der Waals surface area contributed by atoms with Gasteiger partial charge in [-0.2, -0.15) is 0 Å². The number of ether oxygens (including phenoxy) is 1. The first kappa shape index (κ1) is 39.9. The number of sulfone groups is 1. The summed E-state index contributed by atoms with van der Waals surface area (Å²) in [5, 5.41) is 9.49. The average Bonchev–Trinajstić information content (AvgIpc) is 3.64. The Hall–Kier alpha value is -3.91. The van der Waals surface area contributed by atoms with Crippen LogP contribution in [0, 0.1) is 23.6 Å². The maximum Gasteiger partial charge on any atom is 0.305 e. The lowest BCUT2D eigenvalue weighted by Crippen LogP contribution is -2.64. The van der Waals surface area contributed by atoms with Crippen LogP contribution in [0.3, 0.4) is 0 Å². The highest BCUT2D eigenvalue weighted by atomic mass is 32.2. The summed E-state index contributed by atoms with van der Waals surface area (Å²) in [6, 6.07) is 19.5. The molecule has 57 heavy (non-hydrogen) atoms. The van der Waals surface area contributed by atoms with E-state index in [2.05, 4.69) is 15.9 Å². The minimum absolute atomic E-state index is 0.0731. The van der Waals surface area contributed by atoms with Gasteiger partial charge in [0, 0.05) is 49.3 Å². The molecule has 0 aromatic heterocycles. The summed E-state index contributed by atoms with van der Waals surface area (Å²) in [4.78, 5) is 33.5. The number of aliphatic hydroxyl groups excluding tert-OH is 1. The monoisotopic (exact) mass is 804 g/mol. The minimum atomic E-state index is -3.84. The average molecular weight is 805 g/mol. The fraction of sp³-hybridized carbons (Fsp3) is 0.545. The van der Waals surface area contributed by atoms with Crippen molar-refractivity contribution in [2.24, 2.45) is 17.8 Å². The van der Waals surface area contributed by atoms with Crippen LogP contribution in [0.1, 0.15) is 60.9 Å². The summed E-state index contributed by atoms with van der Waals surface area (Å²) in [5.41, 5.74) is 0.411. The maximum absolute atomic E-state index is 16.3. The first-order valence-electron chi connectivity index (χ1n) is 20.5. The number of alkyl halides is 1. The predicted octanol–water partition coefficient (Wildman–Crippen LogP) is 5.34. The summed E-state index contributed by atoms with van der Waals surface area (Å²) in [6.45, 7) is 5.63. The van der Waals surface area contributed by atoms with Crippen molar-refractivity contribution < 1.29 is 36.6 Å². The lowest BCUT2D eigenvalue weighted by molar-refractivity contribution is -0.142. The van der Waals surface area contributed by atoms with Crippen LogP contribution in [0.4, 0.5) is 14.5 Å². The molecule has 0 spiro atoms. The van der Waals surface area contributed by atoms with Crippen molar-refractivity contribution >= 4 is 27.4 Å². The highest BCUT2D eigenvalue weighted by molar-refractivity contribution is 7.91. The van der Waals surface area contributed by atoms with Gasteiger partial charge in [-0.15, -0.1) is 0 Å². The SMILES string of the molecule is COC(=O)C[C@H]1CCC[C@@H]1[C@](CN1CCC1)(c1cccc(F)c1)C1CCN(CC2(F)CN(c3ccc(S(=O)(=O)c4ccc(C(=O)N5CC(O)C5)cc4)cc3)C2)CC1. The van der Waals surface area contributed by atoms with Crippen LogP contribution < -0.4 is 4.90 Å². The number of rotatable bonds is 13. The zero-order valence-electron chi connectivity index (χ0n) is 32.7. The van der Waals surface area contributed by atoms with Crippen LogP contribution >= 0.6 is 0 Å². The highest BCUT2D eigenvalue weighted by Crippen LogP contribution is 2.54. The molecule has 1 N–H and O–H groups in total. The van der Waals surface area contributed by atoms with Gasteiger partial charge < -0.3 is 24.5 Å². The molecule has 4 aliphatic heterocycles. The van der Waals surface area contributed by atoms with Gasteiger partial charge in [0.25, 0.3) is 5.91 Å². The second-order valence-electron chi connectivity index (χ2n) is 17.2. The third-order valence-corrected chi connectivity index (χ3v) is 15.4. The Labute approximate surface area is 334 Å². The zero-order chi connectivity index (χ0) is 40.0. The molecule has 1 saturated carbocycles. The first-order valence-corrected chi connectivity index (χ1v) is 22.0. The van der Waals surface area contributed by atoms with E-state index >= 15 is 8.78 Å². The van der Waals surface area contributed by atoms with E-state index < -0.39 is 21.6 Å². The molecule has 3 aromatic carbocycles. The van der Waals surface area contributed by atoms with Gasteiger partial charge in [-0.3, -0.25) is 14.5 Å². The molecule has 4 saturated heterocycles. The Kier molecular flexibility index (Phi) is 11.2. The van der Waals surface area contributed by atoms with Gasteiger partial charge in [0.15, 0.2) is 5.67 Å². The van der Waals surface area contributed by atoms with Crippen molar-refractivity contribution in [3.63, 3.8) is 0 Å². The van der Waals surface area contributed by atoms with E-state index in [1.54, 1.807) is 30.3 Å². The van der Waals surface area contributed by atoms with Crippen molar-refractivity contribution in [1.29, 1.82) is 0 Å². The van der Waals surface area contributed by atoms with E-state index in [-0.39, 0.29) is 76.8 Å².